The molecule has 0 saturated carbocycles. The van der Waals surface area contributed by atoms with Crippen molar-refractivity contribution in [1.82, 2.24) is 9.80 Å². The van der Waals surface area contributed by atoms with Crippen molar-refractivity contribution in [1.29, 1.82) is 0 Å². The van der Waals surface area contributed by atoms with Gasteiger partial charge < -0.3 is 9.64 Å². The second kappa shape index (κ2) is 10.6. The van der Waals surface area contributed by atoms with Crippen LogP contribution >= 0.6 is 11.8 Å². The molecule has 2 heterocycles. The number of amides is 3. The molecule has 13 heteroatoms. The summed E-state index contributed by atoms with van der Waals surface area (Å²) in [4.78, 5) is 50.5. The Morgan fingerprint density at radius 2 is 1.76 bits per heavy atom. The Kier molecular flexibility index (Phi) is 7.52. The zero-order valence-corrected chi connectivity index (χ0v) is 20.0. The van der Waals surface area contributed by atoms with Gasteiger partial charge in [-0.2, -0.15) is 13.2 Å². The number of imide groups is 1. The molecule has 37 heavy (non-hydrogen) atoms. The minimum absolute atomic E-state index is 0.111. The predicted molar refractivity (Wildman–Crippen MR) is 128 cm³/mol. The fourth-order valence-corrected chi connectivity index (χ4v) is 4.69. The second-order valence-corrected chi connectivity index (χ2v) is 9.31. The van der Waals surface area contributed by atoms with E-state index in [1.165, 1.54) is 30.3 Å². The lowest BCUT2D eigenvalue weighted by atomic mass is 10.1. The molecule has 2 saturated heterocycles. The highest BCUT2D eigenvalue weighted by molar-refractivity contribution is 8.18. The van der Waals surface area contributed by atoms with Crippen molar-refractivity contribution in [3.63, 3.8) is 0 Å². The van der Waals surface area contributed by atoms with Gasteiger partial charge in [-0.1, -0.05) is 12.1 Å². The Bertz CT molecular complexity index is 1270. The summed E-state index contributed by atoms with van der Waals surface area (Å²) in [6.45, 7) is 0.893. The van der Waals surface area contributed by atoms with Crippen molar-refractivity contribution in [2.75, 3.05) is 19.6 Å². The summed E-state index contributed by atoms with van der Waals surface area (Å²) in [5, 5.41) is 10.7. The molecule has 2 aromatic rings. The zero-order chi connectivity index (χ0) is 26.7. The molecule has 0 bridgehead atoms. The lowest BCUT2D eigenvalue weighted by Gasteiger charge is -2.27. The van der Waals surface area contributed by atoms with Crippen LogP contribution < -0.4 is 4.74 Å². The average molecular weight is 536 g/mol. The number of carbonyl (C=O) groups excluding carboxylic acids is 3. The highest BCUT2D eigenvalue weighted by Gasteiger charge is 2.37. The number of piperidine rings is 1. The van der Waals surface area contributed by atoms with E-state index in [-0.39, 0.29) is 28.9 Å². The van der Waals surface area contributed by atoms with Crippen LogP contribution in [0.15, 0.2) is 47.4 Å². The highest BCUT2D eigenvalue weighted by atomic mass is 32.2. The van der Waals surface area contributed by atoms with Gasteiger partial charge in [-0.3, -0.25) is 29.4 Å². The van der Waals surface area contributed by atoms with Crippen LogP contribution in [0.2, 0.25) is 0 Å². The van der Waals surface area contributed by atoms with E-state index in [4.69, 9.17) is 4.74 Å². The van der Waals surface area contributed by atoms with Crippen LogP contribution in [0.4, 0.5) is 23.7 Å². The standard InChI is InChI=1S/C24H20F3N3O6S/c25-24(26,27)16-6-9-19(18(13-16)30(34)35)36-17-7-4-15(5-8-17)12-20-22(32)29(23(33)37-20)14-21(31)28-10-2-1-3-11-28/h4-9,12-13H,1-3,10-11,14H2/b20-12-. The molecule has 2 aliphatic heterocycles. The number of rotatable bonds is 6. The van der Waals surface area contributed by atoms with Crippen LogP contribution in [0, 0.1) is 10.1 Å². The number of nitro groups is 1. The molecule has 4 rings (SSSR count). The highest BCUT2D eigenvalue weighted by Crippen LogP contribution is 2.38. The van der Waals surface area contributed by atoms with E-state index < -0.39 is 33.5 Å². The molecule has 0 atom stereocenters. The van der Waals surface area contributed by atoms with E-state index in [0.717, 1.165) is 30.2 Å². The van der Waals surface area contributed by atoms with Crippen molar-refractivity contribution in [3.05, 3.63) is 68.6 Å². The monoisotopic (exact) mass is 535 g/mol. The molecular weight excluding hydrogens is 515 g/mol. The minimum atomic E-state index is -4.74. The second-order valence-electron chi connectivity index (χ2n) is 8.32. The minimum Gasteiger partial charge on any atom is -0.450 e. The third-order valence-corrected chi connectivity index (χ3v) is 6.67. The van der Waals surface area contributed by atoms with Crippen molar-refractivity contribution >= 4 is 40.6 Å². The van der Waals surface area contributed by atoms with Gasteiger partial charge in [0.2, 0.25) is 11.7 Å². The van der Waals surface area contributed by atoms with Gasteiger partial charge in [-0.15, -0.1) is 0 Å². The number of hydrogen-bond acceptors (Lipinski definition) is 7. The smallest absolute Gasteiger partial charge is 0.416 e. The summed E-state index contributed by atoms with van der Waals surface area (Å²) in [5.41, 5.74) is -1.51. The van der Waals surface area contributed by atoms with Crippen LogP contribution in [0.25, 0.3) is 6.08 Å². The number of likely N-dealkylation sites (tertiary alicyclic amines) is 1. The number of hydrogen-bond donors (Lipinski definition) is 0. The number of ether oxygens (including phenoxy) is 1. The van der Waals surface area contributed by atoms with Gasteiger partial charge in [0.15, 0.2) is 0 Å². The van der Waals surface area contributed by atoms with Gasteiger partial charge in [0, 0.05) is 19.2 Å². The number of carbonyl (C=O) groups is 3. The first-order valence-corrected chi connectivity index (χ1v) is 12.0. The Morgan fingerprint density at radius 3 is 2.38 bits per heavy atom. The molecule has 194 valence electrons. The molecule has 0 radical (unpaired) electrons. The Hall–Kier alpha value is -3.87. The average Bonchev–Trinajstić information content (AvgIpc) is 3.12. The molecule has 0 aliphatic carbocycles. The largest absolute Gasteiger partial charge is 0.450 e. The van der Waals surface area contributed by atoms with Crippen molar-refractivity contribution in [3.8, 4) is 11.5 Å². The number of nitro benzene ring substituents is 1. The Morgan fingerprint density at radius 1 is 1.08 bits per heavy atom. The molecule has 2 aromatic carbocycles. The van der Waals surface area contributed by atoms with Gasteiger partial charge in [0.05, 0.1) is 15.4 Å². The summed E-state index contributed by atoms with van der Waals surface area (Å²) in [7, 11) is 0. The summed E-state index contributed by atoms with van der Waals surface area (Å²) in [6.07, 6.45) is -0.468. The predicted octanol–water partition coefficient (Wildman–Crippen LogP) is 5.45. The van der Waals surface area contributed by atoms with E-state index >= 15 is 0 Å². The van der Waals surface area contributed by atoms with E-state index in [1.54, 1.807) is 4.90 Å². The number of thioether (sulfide) groups is 1. The molecule has 0 aromatic heterocycles. The third kappa shape index (κ3) is 6.10. The van der Waals surface area contributed by atoms with Crippen LogP contribution in [0.1, 0.15) is 30.4 Å². The Balaban J connectivity index is 1.45. The molecule has 2 fully saturated rings. The third-order valence-electron chi connectivity index (χ3n) is 5.76. The molecule has 0 N–H and O–H groups in total. The van der Waals surface area contributed by atoms with Gasteiger partial charge in [0.1, 0.15) is 12.3 Å². The van der Waals surface area contributed by atoms with Crippen LogP contribution in [0.3, 0.4) is 0 Å². The van der Waals surface area contributed by atoms with Gasteiger partial charge in [-0.25, -0.2) is 0 Å². The van der Waals surface area contributed by atoms with Crippen LogP contribution in [-0.4, -0.2) is 51.4 Å². The number of alkyl halides is 3. The van der Waals surface area contributed by atoms with E-state index in [1.807, 2.05) is 0 Å². The zero-order valence-electron chi connectivity index (χ0n) is 19.2. The summed E-state index contributed by atoms with van der Waals surface area (Å²) >= 11 is 0.710. The number of halogens is 3. The lowest BCUT2D eigenvalue weighted by molar-refractivity contribution is -0.385. The molecule has 0 spiro atoms. The van der Waals surface area contributed by atoms with E-state index in [0.29, 0.717) is 42.5 Å². The van der Waals surface area contributed by atoms with Gasteiger partial charge in [0.25, 0.3) is 11.1 Å². The van der Waals surface area contributed by atoms with Crippen molar-refractivity contribution < 1.29 is 37.2 Å². The quantitative estimate of drug-likeness (QED) is 0.275. The normalized spacial score (nSPS) is 17.4. The molecular formula is C24H20F3N3O6S. The first-order chi connectivity index (χ1) is 17.5. The fraction of sp³-hybridized carbons (Fsp3) is 0.292. The first kappa shape index (κ1) is 26.2. The number of benzene rings is 2. The maximum absolute atomic E-state index is 12.9. The molecule has 2 aliphatic rings. The van der Waals surface area contributed by atoms with Crippen molar-refractivity contribution in [2.24, 2.45) is 0 Å². The SMILES string of the molecule is O=C(CN1C(=O)S/C(=C\c2ccc(Oc3ccc(C(F)(F)F)cc3[N+](=O)[O-])cc2)C1=O)N1CCCCC1. The maximum atomic E-state index is 12.9. The van der Waals surface area contributed by atoms with E-state index in [2.05, 4.69) is 0 Å². The molecule has 9 nitrogen and oxygen atoms in total. The molecule has 3 amide bonds. The van der Waals surface area contributed by atoms with E-state index in [9.17, 15) is 37.7 Å². The van der Waals surface area contributed by atoms with Crippen molar-refractivity contribution in [2.45, 2.75) is 25.4 Å². The lowest BCUT2D eigenvalue weighted by Crippen LogP contribution is -2.44. The fourth-order valence-electron chi connectivity index (χ4n) is 3.85. The summed E-state index contributed by atoms with van der Waals surface area (Å²) < 4.78 is 44.1. The maximum Gasteiger partial charge on any atom is 0.416 e. The first-order valence-electron chi connectivity index (χ1n) is 11.2. The topological polar surface area (TPSA) is 110 Å². The van der Waals surface area contributed by atoms with Crippen LogP contribution in [0.5, 0.6) is 11.5 Å². The summed E-state index contributed by atoms with van der Waals surface area (Å²) in [5.74, 6) is -1.12. The number of nitrogens with zero attached hydrogens (tertiary/aromatic N) is 3. The van der Waals surface area contributed by atoms with Crippen LogP contribution in [-0.2, 0) is 15.8 Å². The summed E-state index contributed by atoms with van der Waals surface area (Å²) in [6, 6.07) is 7.81. The molecule has 0 unspecified atom stereocenters. The Labute approximate surface area is 213 Å². The van der Waals surface area contributed by atoms with Gasteiger partial charge in [-0.05, 0) is 66.9 Å². The van der Waals surface area contributed by atoms with Gasteiger partial charge >= 0.3 is 11.9 Å².